The molecular weight excluding hydrogens is 447 g/mol. The maximum atomic E-state index is 12.6. The van der Waals surface area contributed by atoms with Gasteiger partial charge in [0.25, 0.3) is 0 Å². The van der Waals surface area contributed by atoms with Gasteiger partial charge in [-0.2, -0.15) is 0 Å². The van der Waals surface area contributed by atoms with Gasteiger partial charge in [-0.05, 0) is 54.3 Å². The van der Waals surface area contributed by atoms with E-state index in [0.717, 1.165) is 10.1 Å². The second-order valence-electron chi connectivity index (χ2n) is 7.37. The number of fused-ring (bicyclic) bond motifs is 1. The highest BCUT2D eigenvalue weighted by molar-refractivity contribution is 7.18. The number of thiophene rings is 1. The number of carboxylic acids is 1. The van der Waals surface area contributed by atoms with E-state index in [9.17, 15) is 14.4 Å². The largest absolute Gasteiger partial charge is 0.481 e. The van der Waals surface area contributed by atoms with Gasteiger partial charge in [-0.15, -0.1) is 11.3 Å². The number of hydrogen-bond acceptors (Lipinski definition) is 4. The van der Waals surface area contributed by atoms with Crippen molar-refractivity contribution in [1.82, 2.24) is 10.2 Å². The van der Waals surface area contributed by atoms with Crippen molar-refractivity contribution in [3.63, 3.8) is 0 Å². The quantitative estimate of drug-likeness (QED) is 0.613. The Morgan fingerprint density at radius 2 is 2.00 bits per heavy atom. The number of piperidine rings is 1. The number of amides is 2. The summed E-state index contributed by atoms with van der Waals surface area (Å²) in [7, 11) is 0. The molecule has 0 aliphatic carbocycles. The van der Waals surface area contributed by atoms with Crippen LogP contribution in [0.5, 0.6) is 0 Å². The van der Waals surface area contributed by atoms with Gasteiger partial charge >= 0.3 is 5.97 Å². The fraction of sp³-hybridized carbons (Fsp3) is 0.381. The molecule has 0 radical (unpaired) electrons. The molecule has 2 aromatic rings. The van der Waals surface area contributed by atoms with Gasteiger partial charge in [0.05, 0.1) is 21.2 Å². The van der Waals surface area contributed by atoms with Crippen molar-refractivity contribution in [2.24, 2.45) is 5.92 Å². The van der Waals surface area contributed by atoms with Crippen LogP contribution in [0, 0.1) is 5.92 Å². The normalized spacial score (nSPS) is 16.2. The zero-order valence-corrected chi connectivity index (χ0v) is 18.7. The van der Waals surface area contributed by atoms with Crippen LogP contribution in [0.4, 0.5) is 0 Å². The third-order valence-electron chi connectivity index (χ3n) is 5.10. The number of aliphatic carboxylic acids is 1. The molecule has 2 N–H and O–H groups in total. The number of carbonyl (C=O) groups is 3. The topological polar surface area (TPSA) is 86.7 Å². The van der Waals surface area contributed by atoms with Gasteiger partial charge in [0, 0.05) is 31.1 Å². The molecule has 1 unspecified atom stereocenters. The van der Waals surface area contributed by atoms with Crippen LogP contribution in [0.2, 0.25) is 10.0 Å². The van der Waals surface area contributed by atoms with Crippen LogP contribution in [-0.4, -0.2) is 46.9 Å². The van der Waals surface area contributed by atoms with E-state index in [0.29, 0.717) is 41.5 Å². The lowest BCUT2D eigenvalue weighted by atomic mass is 9.95. The second kappa shape index (κ2) is 9.81. The average molecular weight is 469 g/mol. The molecule has 1 fully saturated rings. The monoisotopic (exact) mass is 468 g/mol. The molecule has 1 aromatic heterocycles. The third kappa shape index (κ3) is 5.33. The Bertz CT molecular complexity index is 996. The molecule has 6 nitrogen and oxygen atoms in total. The number of carbonyl (C=O) groups excluding carboxylic acids is 2. The van der Waals surface area contributed by atoms with Crippen molar-refractivity contribution in [3.05, 3.63) is 39.2 Å². The number of benzene rings is 1. The van der Waals surface area contributed by atoms with Crippen LogP contribution < -0.4 is 5.32 Å². The lowest BCUT2D eigenvalue weighted by molar-refractivity contribution is -0.138. The first-order valence-corrected chi connectivity index (χ1v) is 11.2. The second-order valence-corrected chi connectivity index (χ2v) is 9.05. The number of nitrogens with one attached hydrogen (secondary N) is 1. The van der Waals surface area contributed by atoms with Gasteiger partial charge < -0.3 is 15.3 Å². The molecule has 160 valence electrons. The highest BCUT2D eigenvalue weighted by Crippen LogP contribution is 2.37. The molecule has 1 aromatic carbocycles. The predicted molar refractivity (Wildman–Crippen MR) is 120 cm³/mol. The summed E-state index contributed by atoms with van der Waals surface area (Å²) in [5, 5.41) is 15.3. The van der Waals surface area contributed by atoms with E-state index in [1.165, 1.54) is 17.4 Å². The van der Waals surface area contributed by atoms with E-state index in [1.807, 2.05) is 17.5 Å². The van der Waals surface area contributed by atoms with Crippen LogP contribution in [0.3, 0.4) is 0 Å². The Morgan fingerprint density at radius 3 is 2.67 bits per heavy atom. The SMILES string of the molecule is CC(CC(=O)O)NC(=O)C1CCN(C(=O)C=Cc2cc3ccsc3c(Cl)c2Cl)CC1. The minimum absolute atomic E-state index is 0.113. The summed E-state index contributed by atoms with van der Waals surface area (Å²) >= 11 is 14.2. The summed E-state index contributed by atoms with van der Waals surface area (Å²) in [6, 6.07) is 3.43. The van der Waals surface area contributed by atoms with Gasteiger partial charge in [-0.25, -0.2) is 0 Å². The van der Waals surface area contributed by atoms with Gasteiger partial charge in [0.15, 0.2) is 0 Å². The molecular formula is C21H22Cl2N2O4S. The molecule has 9 heteroatoms. The van der Waals surface area contributed by atoms with E-state index in [2.05, 4.69) is 5.32 Å². The van der Waals surface area contributed by atoms with Crippen molar-refractivity contribution in [1.29, 1.82) is 0 Å². The van der Waals surface area contributed by atoms with Crippen LogP contribution in [0.1, 0.15) is 31.7 Å². The number of hydrogen-bond donors (Lipinski definition) is 2. The highest BCUT2D eigenvalue weighted by atomic mass is 35.5. The number of halogens is 2. The van der Waals surface area contributed by atoms with Crippen LogP contribution in [0.25, 0.3) is 16.2 Å². The molecule has 30 heavy (non-hydrogen) atoms. The summed E-state index contributed by atoms with van der Waals surface area (Å²) in [4.78, 5) is 37.3. The van der Waals surface area contributed by atoms with Crippen molar-refractivity contribution >= 4 is 68.5 Å². The number of rotatable bonds is 6. The summed E-state index contributed by atoms with van der Waals surface area (Å²) in [6.07, 6.45) is 4.11. The zero-order valence-electron chi connectivity index (χ0n) is 16.4. The molecule has 3 rings (SSSR count). The Labute approximate surface area is 188 Å². The molecule has 2 amide bonds. The lowest BCUT2D eigenvalue weighted by Crippen LogP contribution is -2.44. The van der Waals surface area contributed by atoms with Crippen molar-refractivity contribution in [3.8, 4) is 0 Å². The fourth-order valence-corrected chi connectivity index (χ4v) is 4.93. The van der Waals surface area contributed by atoms with E-state index in [-0.39, 0.29) is 24.2 Å². The minimum atomic E-state index is -0.949. The summed E-state index contributed by atoms with van der Waals surface area (Å²) in [5.41, 5.74) is 0.683. The molecule has 0 bridgehead atoms. The Morgan fingerprint density at radius 1 is 1.30 bits per heavy atom. The molecule has 0 spiro atoms. The summed E-state index contributed by atoms with van der Waals surface area (Å²) in [6.45, 7) is 2.60. The van der Waals surface area contributed by atoms with E-state index in [4.69, 9.17) is 28.3 Å². The molecule has 0 saturated carbocycles. The van der Waals surface area contributed by atoms with E-state index in [1.54, 1.807) is 17.9 Å². The molecule has 1 atom stereocenters. The molecule has 1 aliphatic rings. The van der Waals surface area contributed by atoms with Gasteiger partial charge in [0.2, 0.25) is 11.8 Å². The average Bonchev–Trinajstić information content (AvgIpc) is 3.17. The van der Waals surface area contributed by atoms with Gasteiger partial charge in [0.1, 0.15) is 0 Å². The van der Waals surface area contributed by atoms with Crippen LogP contribution in [-0.2, 0) is 14.4 Å². The highest BCUT2D eigenvalue weighted by Gasteiger charge is 2.27. The predicted octanol–water partition coefficient (Wildman–Crippen LogP) is 4.44. The van der Waals surface area contributed by atoms with Gasteiger partial charge in [-0.1, -0.05) is 23.2 Å². The van der Waals surface area contributed by atoms with E-state index >= 15 is 0 Å². The van der Waals surface area contributed by atoms with Crippen LogP contribution >= 0.6 is 34.5 Å². The number of nitrogens with zero attached hydrogens (tertiary/aromatic N) is 1. The Balaban J connectivity index is 1.56. The van der Waals surface area contributed by atoms with Crippen LogP contribution in [0.15, 0.2) is 23.6 Å². The molecule has 1 saturated heterocycles. The first-order valence-electron chi connectivity index (χ1n) is 9.60. The third-order valence-corrected chi connectivity index (χ3v) is 7.05. The number of carboxylic acid groups (broad SMARTS) is 1. The smallest absolute Gasteiger partial charge is 0.305 e. The molecule has 2 heterocycles. The van der Waals surface area contributed by atoms with Crippen molar-refractivity contribution < 1.29 is 19.5 Å². The standard InChI is InChI=1S/C21H22Cl2N2O4S/c1-12(10-17(27)28)24-21(29)13-4-7-25(8-5-13)16(26)3-2-14-11-15-6-9-30-20(15)19(23)18(14)22/h2-3,6,9,11-13H,4-5,7-8,10H2,1H3,(H,24,29)(H,27,28). The Hall–Kier alpha value is -2.09. The first kappa shape index (κ1) is 22.6. The van der Waals surface area contributed by atoms with Gasteiger partial charge in [-0.3, -0.25) is 14.4 Å². The Kier molecular flexibility index (Phi) is 7.39. The lowest BCUT2D eigenvalue weighted by Gasteiger charge is -2.31. The summed E-state index contributed by atoms with van der Waals surface area (Å²) in [5.74, 6) is -1.47. The van der Waals surface area contributed by atoms with E-state index < -0.39 is 12.0 Å². The summed E-state index contributed by atoms with van der Waals surface area (Å²) < 4.78 is 0.920. The maximum absolute atomic E-state index is 12.6. The first-order chi connectivity index (χ1) is 14.3. The fourth-order valence-electron chi connectivity index (χ4n) is 3.49. The number of likely N-dealkylation sites (tertiary alicyclic amines) is 1. The van der Waals surface area contributed by atoms with Crippen molar-refractivity contribution in [2.45, 2.75) is 32.2 Å². The maximum Gasteiger partial charge on any atom is 0.305 e. The minimum Gasteiger partial charge on any atom is -0.481 e. The van der Waals surface area contributed by atoms with Crippen molar-refractivity contribution in [2.75, 3.05) is 13.1 Å². The zero-order chi connectivity index (χ0) is 21.8. The molecule has 1 aliphatic heterocycles.